The molecule has 1 N–H and O–H groups in total. The predicted molar refractivity (Wildman–Crippen MR) is 70.8 cm³/mol. The molecule has 1 aromatic heterocycles. The van der Waals surface area contributed by atoms with Gasteiger partial charge in [-0.25, -0.2) is 4.57 Å². The van der Waals surface area contributed by atoms with Crippen molar-refractivity contribution in [2.24, 2.45) is 7.05 Å². The quantitative estimate of drug-likeness (QED) is 0.481. The standard InChI is InChI=1S/C15H13NO2.ClH/c1-16-9-10-7-12(18-2)4-5-13(10)14-8-11(17)3-6-15(14)16;/h3-9H,1-2H3;1H. The van der Waals surface area contributed by atoms with Crippen LogP contribution in [-0.2, 0) is 7.05 Å². The molecule has 0 fully saturated rings. The molecule has 2 aromatic carbocycles. The van der Waals surface area contributed by atoms with E-state index in [-0.39, 0.29) is 18.2 Å². The van der Waals surface area contributed by atoms with E-state index in [1.807, 2.05) is 31.3 Å². The van der Waals surface area contributed by atoms with Crippen molar-refractivity contribution in [2.75, 3.05) is 7.11 Å². The van der Waals surface area contributed by atoms with Gasteiger partial charge in [0.15, 0.2) is 6.20 Å². The van der Waals surface area contributed by atoms with Gasteiger partial charge in [0.1, 0.15) is 18.5 Å². The van der Waals surface area contributed by atoms with Crippen molar-refractivity contribution in [3.63, 3.8) is 0 Å². The zero-order chi connectivity index (χ0) is 12.7. The Kier molecular flexibility index (Phi) is 3.49. The third-order valence-electron chi connectivity index (χ3n) is 3.24. The minimum atomic E-state index is 0. The lowest BCUT2D eigenvalue weighted by molar-refractivity contribution is -0.643. The first-order valence-corrected chi connectivity index (χ1v) is 5.78. The molecule has 3 rings (SSSR count). The smallest absolute Gasteiger partial charge is 0.213 e. The molecule has 0 unspecified atom stereocenters. The number of aromatic nitrogens is 1. The van der Waals surface area contributed by atoms with E-state index in [1.165, 1.54) is 0 Å². The number of ether oxygens (including phenoxy) is 1. The second-order valence-corrected chi connectivity index (χ2v) is 4.39. The van der Waals surface area contributed by atoms with Crippen LogP contribution in [0, 0.1) is 0 Å². The molecule has 0 spiro atoms. The fourth-order valence-electron chi connectivity index (χ4n) is 2.35. The third kappa shape index (κ3) is 2.17. The van der Waals surface area contributed by atoms with Crippen LogP contribution in [0.4, 0.5) is 0 Å². The lowest BCUT2D eigenvalue weighted by Crippen LogP contribution is -3.00. The summed E-state index contributed by atoms with van der Waals surface area (Å²) in [5, 5.41) is 12.9. The second kappa shape index (κ2) is 4.94. The van der Waals surface area contributed by atoms with Crippen LogP contribution in [0.15, 0.2) is 42.6 Å². The Balaban J connectivity index is 0.00000133. The topological polar surface area (TPSA) is 33.3 Å². The van der Waals surface area contributed by atoms with Crippen LogP contribution in [-0.4, -0.2) is 12.2 Å². The van der Waals surface area contributed by atoms with E-state index in [9.17, 15) is 5.11 Å². The zero-order valence-corrected chi connectivity index (χ0v) is 11.5. The van der Waals surface area contributed by atoms with Crippen LogP contribution in [0.2, 0.25) is 0 Å². The van der Waals surface area contributed by atoms with Gasteiger partial charge in [-0.2, -0.15) is 0 Å². The highest BCUT2D eigenvalue weighted by Crippen LogP contribution is 2.28. The van der Waals surface area contributed by atoms with Crippen LogP contribution in [0.5, 0.6) is 11.5 Å². The Hall–Kier alpha value is -2.00. The second-order valence-electron chi connectivity index (χ2n) is 4.39. The Morgan fingerprint density at radius 3 is 2.58 bits per heavy atom. The SMILES string of the molecule is COc1ccc2c(c1)c[n+](C)c1ccc(O)cc21.[Cl-]. The van der Waals surface area contributed by atoms with E-state index in [2.05, 4.69) is 10.8 Å². The van der Waals surface area contributed by atoms with Gasteiger partial charge >= 0.3 is 0 Å². The van der Waals surface area contributed by atoms with Crippen molar-refractivity contribution in [1.29, 1.82) is 0 Å². The number of aromatic hydroxyl groups is 1. The molecule has 98 valence electrons. The summed E-state index contributed by atoms with van der Waals surface area (Å²) in [7, 11) is 3.66. The number of rotatable bonds is 1. The predicted octanol–water partition coefficient (Wildman–Crippen LogP) is -0.464. The summed E-state index contributed by atoms with van der Waals surface area (Å²) in [6.45, 7) is 0. The number of phenols is 1. The lowest BCUT2D eigenvalue weighted by atomic mass is 10.1. The summed E-state index contributed by atoms with van der Waals surface area (Å²) in [4.78, 5) is 0. The molecule has 0 atom stereocenters. The lowest BCUT2D eigenvalue weighted by Gasteiger charge is -2.05. The first-order chi connectivity index (χ1) is 8.69. The maximum atomic E-state index is 9.65. The Labute approximate surface area is 117 Å². The van der Waals surface area contributed by atoms with Crippen LogP contribution in [0.3, 0.4) is 0 Å². The molecule has 0 radical (unpaired) electrons. The summed E-state index contributed by atoms with van der Waals surface area (Å²) in [6, 6.07) is 11.4. The Morgan fingerprint density at radius 1 is 1.05 bits per heavy atom. The van der Waals surface area contributed by atoms with Gasteiger partial charge in [-0.15, -0.1) is 0 Å². The van der Waals surface area contributed by atoms with Crippen molar-refractivity contribution < 1.29 is 26.8 Å². The molecule has 0 saturated carbocycles. The highest BCUT2D eigenvalue weighted by atomic mass is 35.5. The van der Waals surface area contributed by atoms with Crippen molar-refractivity contribution in [1.82, 2.24) is 0 Å². The van der Waals surface area contributed by atoms with Crippen molar-refractivity contribution in [3.8, 4) is 11.5 Å². The fraction of sp³-hybridized carbons (Fsp3) is 0.133. The maximum absolute atomic E-state index is 9.65. The molecule has 19 heavy (non-hydrogen) atoms. The molecule has 0 saturated heterocycles. The normalized spacial score (nSPS) is 10.4. The molecule has 1 heterocycles. The average Bonchev–Trinajstić information content (AvgIpc) is 2.38. The number of aryl methyl sites for hydroxylation is 1. The van der Waals surface area contributed by atoms with Gasteiger partial charge in [0, 0.05) is 11.5 Å². The number of methoxy groups -OCH3 is 1. The number of hydrogen-bond acceptors (Lipinski definition) is 2. The number of halogens is 1. The van der Waals surface area contributed by atoms with E-state index in [1.54, 1.807) is 19.2 Å². The van der Waals surface area contributed by atoms with Crippen molar-refractivity contribution in [2.45, 2.75) is 0 Å². The van der Waals surface area contributed by atoms with Gasteiger partial charge in [0.2, 0.25) is 5.52 Å². The number of phenolic OH excluding ortho intramolecular Hbond substituents is 1. The summed E-state index contributed by atoms with van der Waals surface area (Å²) < 4.78 is 7.29. The minimum absolute atomic E-state index is 0. The molecule has 0 bridgehead atoms. The molecular formula is C15H14ClNO2. The number of hydrogen-bond donors (Lipinski definition) is 1. The molecule has 0 aliphatic heterocycles. The average molecular weight is 276 g/mol. The van der Waals surface area contributed by atoms with Gasteiger partial charge in [0.25, 0.3) is 0 Å². The molecule has 3 aromatic rings. The van der Waals surface area contributed by atoms with Crippen molar-refractivity contribution in [3.05, 3.63) is 42.6 Å². The van der Waals surface area contributed by atoms with Crippen molar-refractivity contribution >= 4 is 21.7 Å². The third-order valence-corrected chi connectivity index (χ3v) is 3.24. The van der Waals surface area contributed by atoms with Gasteiger partial charge in [-0.1, -0.05) is 0 Å². The highest BCUT2D eigenvalue weighted by Gasteiger charge is 2.11. The van der Waals surface area contributed by atoms with E-state index < -0.39 is 0 Å². The van der Waals surface area contributed by atoms with Gasteiger partial charge in [0.05, 0.1) is 17.9 Å². The molecular weight excluding hydrogens is 262 g/mol. The van der Waals surface area contributed by atoms with Crippen LogP contribution in [0.25, 0.3) is 21.7 Å². The number of nitrogens with zero attached hydrogens (tertiary/aromatic N) is 1. The van der Waals surface area contributed by atoms with E-state index >= 15 is 0 Å². The number of fused-ring (bicyclic) bond motifs is 3. The van der Waals surface area contributed by atoms with E-state index in [4.69, 9.17) is 4.74 Å². The molecule has 0 aliphatic carbocycles. The van der Waals surface area contributed by atoms with Crippen LogP contribution < -0.4 is 21.7 Å². The number of pyridine rings is 1. The van der Waals surface area contributed by atoms with Gasteiger partial charge < -0.3 is 22.3 Å². The first-order valence-electron chi connectivity index (χ1n) is 5.78. The molecule has 0 aliphatic rings. The largest absolute Gasteiger partial charge is 1.00 e. The minimum Gasteiger partial charge on any atom is -1.00 e. The molecule has 0 amide bonds. The van der Waals surface area contributed by atoms with Crippen LogP contribution >= 0.6 is 0 Å². The summed E-state index contributed by atoms with van der Waals surface area (Å²) in [5.41, 5.74) is 1.09. The summed E-state index contributed by atoms with van der Waals surface area (Å²) >= 11 is 0. The fourth-order valence-corrected chi connectivity index (χ4v) is 2.35. The number of benzene rings is 2. The molecule has 4 heteroatoms. The first kappa shape index (κ1) is 13.4. The maximum Gasteiger partial charge on any atom is 0.213 e. The Bertz CT molecular complexity index is 756. The van der Waals surface area contributed by atoms with Gasteiger partial charge in [-0.3, -0.25) is 0 Å². The monoisotopic (exact) mass is 275 g/mol. The van der Waals surface area contributed by atoms with Gasteiger partial charge in [-0.05, 0) is 30.3 Å². The summed E-state index contributed by atoms with van der Waals surface area (Å²) in [6.07, 6.45) is 2.07. The highest BCUT2D eigenvalue weighted by molar-refractivity contribution is 6.04. The zero-order valence-electron chi connectivity index (χ0n) is 10.7. The van der Waals surface area contributed by atoms with E-state index in [0.717, 1.165) is 27.4 Å². The Morgan fingerprint density at radius 2 is 1.84 bits per heavy atom. The van der Waals surface area contributed by atoms with E-state index in [0.29, 0.717) is 0 Å². The molecule has 3 nitrogen and oxygen atoms in total. The summed E-state index contributed by atoms with van der Waals surface area (Å²) in [5.74, 6) is 1.12. The van der Waals surface area contributed by atoms with Crippen LogP contribution in [0.1, 0.15) is 0 Å².